The first-order valence-corrected chi connectivity index (χ1v) is 5.50. The van der Waals surface area contributed by atoms with Gasteiger partial charge in [-0.25, -0.2) is 0 Å². The second-order valence-corrected chi connectivity index (χ2v) is 4.00. The fourth-order valence-corrected chi connectivity index (χ4v) is 1.95. The van der Waals surface area contributed by atoms with E-state index in [4.69, 9.17) is 4.74 Å². The number of rotatable bonds is 2. The van der Waals surface area contributed by atoms with E-state index in [-0.39, 0.29) is 11.6 Å². The zero-order chi connectivity index (χ0) is 12.6. The maximum atomic E-state index is 13.8. The minimum Gasteiger partial charge on any atom is -0.476 e. The van der Waals surface area contributed by atoms with Crippen LogP contribution in [0.2, 0.25) is 0 Å². The molecule has 0 N–H and O–H groups in total. The lowest BCUT2D eigenvalue weighted by atomic mass is 10.2. The summed E-state index contributed by atoms with van der Waals surface area (Å²) in [5.41, 5.74) is 0.731. The molecule has 0 amide bonds. The zero-order valence-corrected chi connectivity index (χ0v) is 10.1. The van der Waals surface area contributed by atoms with E-state index >= 15 is 0 Å². The molecule has 0 bridgehead atoms. The molecule has 0 fully saturated rings. The summed E-state index contributed by atoms with van der Waals surface area (Å²) < 4.78 is 32.4. The fraction of sp³-hybridized carbons (Fsp3) is 0.545. The van der Waals surface area contributed by atoms with Crippen LogP contribution in [0.1, 0.15) is 6.92 Å². The Morgan fingerprint density at radius 3 is 2.35 bits per heavy atom. The van der Waals surface area contributed by atoms with Crippen molar-refractivity contribution in [3.05, 3.63) is 11.8 Å². The van der Waals surface area contributed by atoms with E-state index in [0.717, 1.165) is 6.54 Å². The molecule has 1 aliphatic heterocycles. The van der Waals surface area contributed by atoms with Crippen molar-refractivity contribution in [2.75, 3.05) is 43.6 Å². The van der Waals surface area contributed by atoms with Gasteiger partial charge in [0.05, 0.1) is 6.61 Å². The van der Waals surface area contributed by atoms with Crippen molar-refractivity contribution in [3.8, 4) is 5.88 Å². The summed E-state index contributed by atoms with van der Waals surface area (Å²) in [6.07, 6.45) is 0. The number of hydrogen-bond acceptors (Lipinski definition) is 4. The Labute approximate surface area is 98.8 Å². The first-order valence-electron chi connectivity index (χ1n) is 5.50. The van der Waals surface area contributed by atoms with Gasteiger partial charge in [-0.15, -0.1) is 0 Å². The Bertz CT molecular complexity index is 439. The van der Waals surface area contributed by atoms with Gasteiger partial charge in [0.15, 0.2) is 0 Å². The molecule has 94 valence electrons. The number of nitrogens with zero attached hydrogens (tertiary/aromatic N) is 3. The molecule has 2 heterocycles. The zero-order valence-electron chi connectivity index (χ0n) is 10.1. The summed E-state index contributed by atoms with van der Waals surface area (Å²) in [5, 5.41) is 0. The van der Waals surface area contributed by atoms with E-state index < -0.39 is 11.8 Å². The molecule has 2 rings (SSSR count). The number of hydrogen-bond donors (Lipinski definition) is 0. The van der Waals surface area contributed by atoms with Crippen molar-refractivity contribution < 1.29 is 13.5 Å². The molecule has 17 heavy (non-hydrogen) atoms. The SMILES string of the molecule is CCOc1nc(F)c(F)c2c1N(C)CCN2C. The van der Waals surface area contributed by atoms with E-state index in [0.29, 0.717) is 18.8 Å². The van der Waals surface area contributed by atoms with Crippen molar-refractivity contribution in [2.24, 2.45) is 0 Å². The molecule has 0 saturated heterocycles. The van der Waals surface area contributed by atoms with Gasteiger partial charge in [-0.05, 0) is 6.92 Å². The lowest BCUT2D eigenvalue weighted by Crippen LogP contribution is -2.38. The van der Waals surface area contributed by atoms with Gasteiger partial charge in [-0.2, -0.15) is 13.8 Å². The normalized spacial score (nSPS) is 14.9. The molecular formula is C11H15F2N3O. The van der Waals surface area contributed by atoms with Gasteiger partial charge >= 0.3 is 0 Å². The third-order valence-corrected chi connectivity index (χ3v) is 2.83. The third-order valence-electron chi connectivity index (χ3n) is 2.83. The third kappa shape index (κ3) is 1.87. The number of likely N-dealkylation sites (N-methyl/N-ethyl adjacent to an activating group) is 2. The van der Waals surface area contributed by atoms with Crippen molar-refractivity contribution in [1.82, 2.24) is 4.98 Å². The number of fused-ring (bicyclic) bond motifs is 1. The van der Waals surface area contributed by atoms with Crippen LogP contribution in [0.3, 0.4) is 0 Å². The predicted molar refractivity (Wildman–Crippen MR) is 61.9 cm³/mol. The van der Waals surface area contributed by atoms with Crippen molar-refractivity contribution in [2.45, 2.75) is 6.92 Å². The summed E-state index contributed by atoms with van der Waals surface area (Å²) in [7, 11) is 3.54. The highest BCUT2D eigenvalue weighted by Crippen LogP contribution is 2.40. The topological polar surface area (TPSA) is 28.6 Å². The molecule has 0 aromatic carbocycles. The predicted octanol–water partition coefficient (Wildman–Crippen LogP) is 1.64. The fourth-order valence-electron chi connectivity index (χ4n) is 1.95. The summed E-state index contributed by atoms with van der Waals surface area (Å²) in [6, 6.07) is 0. The number of aromatic nitrogens is 1. The quantitative estimate of drug-likeness (QED) is 0.738. The smallest absolute Gasteiger partial charge is 0.254 e. The van der Waals surface area contributed by atoms with E-state index in [1.54, 1.807) is 18.9 Å². The number of ether oxygens (including phenoxy) is 1. The van der Waals surface area contributed by atoms with Crippen molar-refractivity contribution in [3.63, 3.8) is 0 Å². The summed E-state index contributed by atoms with van der Waals surface area (Å²) in [4.78, 5) is 7.04. The average molecular weight is 243 g/mol. The molecule has 0 spiro atoms. The van der Waals surface area contributed by atoms with Gasteiger partial charge in [-0.3, -0.25) is 0 Å². The number of halogens is 2. The van der Waals surface area contributed by atoms with Gasteiger partial charge in [0.25, 0.3) is 5.95 Å². The highest BCUT2D eigenvalue weighted by atomic mass is 19.2. The molecule has 1 aromatic rings. The molecule has 1 aliphatic rings. The van der Waals surface area contributed by atoms with Crippen LogP contribution in [0.5, 0.6) is 5.88 Å². The summed E-state index contributed by atoms with van der Waals surface area (Å²) in [5.74, 6) is -1.89. The second-order valence-electron chi connectivity index (χ2n) is 4.00. The lowest BCUT2D eigenvalue weighted by Gasteiger charge is -2.35. The first kappa shape index (κ1) is 11.9. The molecular weight excluding hydrogens is 228 g/mol. The Balaban J connectivity index is 2.64. The minimum atomic E-state index is -1.12. The van der Waals surface area contributed by atoms with Crippen LogP contribution in [-0.2, 0) is 0 Å². The Hall–Kier alpha value is -1.59. The summed E-state index contributed by atoms with van der Waals surface area (Å²) in [6.45, 7) is 3.50. The Morgan fingerprint density at radius 1 is 1.18 bits per heavy atom. The van der Waals surface area contributed by atoms with Crippen LogP contribution in [0.15, 0.2) is 0 Å². The highest BCUT2D eigenvalue weighted by molar-refractivity contribution is 5.77. The molecule has 0 atom stereocenters. The van der Waals surface area contributed by atoms with Crippen LogP contribution >= 0.6 is 0 Å². The average Bonchev–Trinajstić information content (AvgIpc) is 2.29. The van der Waals surface area contributed by atoms with Crippen LogP contribution < -0.4 is 14.5 Å². The Morgan fingerprint density at radius 2 is 1.76 bits per heavy atom. The van der Waals surface area contributed by atoms with Gasteiger partial charge < -0.3 is 14.5 Å². The molecule has 0 radical (unpaired) electrons. The minimum absolute atomic E-state index is 0.149. The van der Waals surface area contributed by atoms with E-state index in [2.05, 4.69) is 4.98 Å². The van der Waals surface area contributed by atoms with E-state index in [1.165, 1.54) is 0 Å². The van der Waals surface area contributed by atoms with Crippen LogP contribution in [0.4, 0.5) is 20.2 Å². The maximum Gasteiger partial charge on any atom is 0.254 e. The Kier molecular flexibility index (Phi) is 3.04. The maximum absolute atomic E-state index is 13.8. The highest BCUT2D eigenvalue weighted by Gasteiger charge is 2.29. The van der Waals surface area contributed by atoms with Gasteiger partial charge in [0.1, 0.15) is 11.4 Å². The summed E-state index contributed by atoms with van der Waals surface area (Å²) >= 11 is 0. The standard InChI is InChI=1S/C11H15F2N3O/c1-4-17-11-9-8(7(12)10(13)14-11)15(2)5-6-16(9)3/h4-6H2,1-3H3. The lowest BCUT2D eigenvalue weighted by molar-refractivity contribution is 0.317. The van der Waals surface area contributed by atoms with Crippen LogP contribution in [0.25, 0.3) is 0 Å². The van der Waals surface area contributed by atoms with Crippen LogP contribution in [0, 0.1) is 11.8 Å². The molecule has 0 unspecified atom stereocenters. The monoisotopic (exact) mass is 243 g/mol. The molecule has 0 saturated carbocycles. The molecule has 4 nitrogen and oxygen atoms in total. The number of anilines is 2. The largest absolute Gasteiger partial charge is 0.476 e. The van der Waals surface area contributed by atoms with E-state index in [1.807, 2.05) is 11.9 Å². The van der Waals surface area contributed by atoms with Gasteiger partial charge in [-0.1, -0.05) is 0 Å². The molecule has 1 aromatic heterocycles. The second kappa shape index (κ2) is 4.35. The van der Waals surface area contributed by atoms with Gasteiger partial charge in [0.2, 0.25) is 11.7 Å². The molecule has 6 heteroatoms. The molecule has 0 aliphatic carbocycles. The van der Waals surface area contributed by atoms with Gasteiger partial charge in [0, 0.05) is 27.2 Å². The first-order chi connectivity index (χ1) is 8.06. The van der Waals surface area contributed by atoms with Crippen LogP contribution in [-0.4, -0.2) is 38.8 Å². The number of pyridine rings is 1. The van der Waals surface area contributed by atoms with Crippen molar-refractivity contribution in [1.29, 1.82) is 0 Å². The van der Waals surface area contributed by atoms with E-state index in [9.17, 15) is 8.78 Å². The van der Waals surface area contributed by atoms with Crippen molar-refractivity contribution >= 4 is 11.4 Å².